The second kappa shape index (κ2) is 5.58. The molecule has 0 bridgehead atoms. The van der Waals surface area contributed by atoms with Crippen LogP contribution in [-0.2, 0) is 0 Å². The average Bonchev–Trinajstić information content (AvgIpc) is 2.37. The van der Waals surface area contributed by atoms with Crippen molar-refractivity contribution in [1.82, 2.24) is 9.97 Å². The largest absolute Gasteiger partial charge is 0.513 e. The molecule has 0 aliphatic carbocycles. The van der Waals surface area contributed by atoms with E-state index in [4.69, 9.17) is 0 Å². The summed E-state index contributed by atoms with van der Waals surface area (Å²) in [5.74, 6) is 0.0510. The van der Waals surface area contributed by atoms with Gasteiger partial charge in [0.15, 0.2) is 0 Å². The number of aliphatic hydroxyl groups is 2. The van der Waals surface area contributed by atoms with Crippen LogP contribution in [0.5, 0.6) is 0 Å². The lowest BCUT2D eigenvalue weighted by molar-refractivity contribution is -0.384. The Labute approximate surface area is 120 Å². The minimum absolute atomic E-state index is 0.0133. The van der Waals surface area contributed by atoms with Crippen LogP contribution in [0.4, 0.5) is 5.69 Å². The number of benzene rings is 1. The molecule has 7 heteroatoms. The molecule has 0 atom stereocenters. The van der Waals surface area contributed by atoms with Gasteiger partial charge in [-0.25, -0.2) is 9.97 Å². The molecule has 0 radical (unpaired) electrons. The van der Waals surface area contributed by atoms with E-state index >= 15 is 0 Å². The van der Waals surface area contributed by atoms with Gasteiger partial charge < -0.3 is 10.2 Å². The molecule has 0 saturated carbocycles. The van der Waals surface area contributed by atoms with Gasteiger partial charge in [-0.05, 0) is 19.9 Å². The van der Waals surface area contributed by atoms with E-state index in [0.29, 0.717) is 22.4 Å². The lowest BCUT2D eigenvalue weighted by Crippen LogP contribution is -1.97. The summed E-state index contributed by atoms with van der Waals surface area (Å²) in [6, 6.07) is 4.14. The third-order valence-electron chi connectivity index (χ3n) is 2.61. The smallest absolute Gasteiger partial charge is 0.271 e. The first-order valence-electron chi connectivity index (χ1n) is 6.07. The fraction of sp³-hybridized carbons (Fsp3) is 0.143. The van der Waals surface area contributed by atoms with Crippen molar-refractivity contribution in [2.24, 2.45) is 0 Å². The van der Waals surface area contributed by atoms with Crippen LogP contribution in [0.15, 0.2) is 29.7 Å². The Morgan fingerprint density at radius 1 is 1.10 bits per heavy atom. The van der Waals surface area contributed by atoms with Gasteiger partial charge in [-0.2, -0.15) is 0 Å². The summed E-state index contributed by atoms with van der Waals surface area (Å²) in [7, 11) is 0. The van der Waals surface area contributed by atoms with Crippen LogP contribution in [0.2, 0.25) is 0 Å². The van der Waals surface area contributed by atoms with Gasteiger partial charge in [0.05, 0.1) is 38.9 Å². The normalized spacial score (nSPS) is 12.7. The maximum absolute atomic E-state index is 10.8. The van der Waals surface area contributed by atoms with Crippen molar-refractivity contribution in [2.75, 3.05) is 0 Å². The van der Waals surface area contributed by atoms with Crippen LogP contribution in [0.3, 0.4) is 0 Å². The van der Waals surface area contributed by atoms with E-state index in [-0.39, 0.29) is 17.2 Å². The van der Waals surface area contributed by atoms with Crippen molar-refractivity contribution in [1.29, 1.82) is 0 Å². The minimum Gasteiger partial charge on any atom is -0.513 e. The van der Waals surface area contributed by atoms with Crippen molar-refractivity contribution in [2.45, 2.75) is 13.8 Å². The Hall–Kier alpha value is -2.96. The molecular formula is C14H13N3O4. The highest BCUT2D eigenvalue weighted by molar-refractivity contribution is 5.80. The third-order valence-corrected chi connectivity index (χ3v) is 2.61. The standard InChI is InChI=1S/C14H13N3O4/c1-8(18)5-12-13(6-9(2)19)16-14-7-10(17(20)21)3-4-11(14)15-12/h3-7,18-19H,1-2H3/b8-5-,9-6-. The molecule has 7 nitrogen and oxygen atoms in total. The molecule has 108 valence electrons. The van der Waals surface area contributed by atoms with E-state index in [1.807, 2.05) is 0 Å². The summed E-state index contributed by atoms with van der Waals surface area (Å²) < 4.78 is 0. The van der Waals surface area contributed by atoms with Crippen LogP contribution in [-0.4, -0.2) is 25.1 Å². The topological polar surface area (TPSA) is 109 Å². The number of aliphatic hydroxyl groups excluding tert-OH is 2. The van der Waals surface area contributed by atoms with E-state index < -0.39 is 4.92 Å². The van der Waals surface area contributed by atoms with Gasteiger partial charge in [-0.1, -0.05) is 0 Å². The molecule has 0 spiro atoms. The SMILES string of the molecule is C/C(O)=C/c1nc2ccc([N+](=O)[O-])cc2nc1/C=C(/C)O. The van der Waals surface area contributed by atoms with E-state index in [1.165, 1.54) is 44.2 Å². The number of hydrogen-bond donors (Lipinski definition) is 2. The third kappa shape index (κ3) is 3.33. The Morgan fingerprint density at radius 3 is 2.10 bits per heavy atom. The van der Waals surface area contributed by atoms with Gasteiger partial charge in [0, 0.05) is 24.3 Å². The molecule has 1 aromatic carbocycles. The van der Waals surface area contributed by atoms with Crippen LogP contribution >= 0.6 is 0 Å². The van der Waals surface area contributed by atoms with Crippen molar-refractivity contribution >= 4 is 28.9 Å². The van der Waals surface area contributed by atoms with Crippen molar-refractivity contribution < 1.29 is 15.1 Å². The number of nitro groups is 1. The molecular weight excluding hydrogens is 274 g/mol. The van der Waals surface area contributed by atoms with Gasteiger partial charge in [0.25, 0.3) is 5.69 Å². The molecule has 0 unspecified atom stereocenters. The highest BCUT2D eigenvalue weighted by atomic mass is 16.6. The second-order valence-electron chi connectivity index (χ2n) is 4.50. The Balaban J connectivity index is 2.73. The zero-order chi connectivity index (χ0) is 15.6. The van der Waals surface area contributed by atoms with Crippen molar-refractivity contribution in [3.8, 4) is 0 Å². The molecule has 0 aliphatic rings. The van der Waals surface area contributed by atoms with Gasteiger partial charge in [-0.15, -0.1) is 0 Å². The van der Waals surface area contributed by atoms with Crippen molar-refractivity contribution in [3.63, 3.8) is 0 Å². The molecule has 0 saturated heterocycles. The fourth-order valence-electron chi connectivity index (χ4n) is 1.79. The molecule has 2 rings (SSSR count). The number of fused-ring (bicyclic) bond motifs is 1. The summed E-state index contributed by atoms with van der Waals surface area (Å²) in [6.07, 6.45) is 2.78. The summed E-state index contributed by atoms with van der Waals surface area (Å²) in [6.45, 7) is 2.96. The van der Waals surface area contributed by atoms with Gasteiger partial charge in [0.2, 0.25) is 0 Å². The zero-order valence-electron chi connectivity index (χ0n) is 11.4. The molecule has 0 amide bonds. The lowest BCUT2D eigenvalue weighted by atomic mass is 10.2. The van der Waals surface area contributed by atoms with E-state index in [2.05, 4.69) is 9.97 Å². The van der Waals surface area contributed by atoms with E-state index in [9.17, 15) is 20.3 Å². The van der Waals surface area contributed by atoms with Crippen LogP contribution in [0.25, 0.3) is 23.2 Å². The first kappa shape index (κ1) is 14.4. The van der Waals surface area contributed by atoms with Gasteiger partial charge in [0.1, 0.15) is 0 Å². The molecule has 0 aliphatic heterocycles. The summed E-state index contributed by atoms with van der Waals surface area (Å²) in [5.41, 5.74) is 1.39. The summed E-state index contributed by atoms with van der Waals surface area (Å²) >= 11 is 0. The second-order valence-corrected chi connectivity index (χ2v) is 4.50. The number of nitrogens with zero attached hydrogens (tertiary/aromatic N) is 3. The number of allylic oxidation sites excluding steroid dienone is 2. The van der Waals surface area contributed by atoms with Crippen molar-refractivity contribution in [3.05, 3.63) is 51.2 Å². The number of non-ortho nitro benzene ring substituents is 1. The highest BCUT2D eigenvalue weighted by Gasteiger charge is 2.11. The molecule has 1 aromatic heterocycles. The first-order valence-corrected chi connectivity index (χ1v) is 6.07. The lowest BCUT2D eigenvalue weighted by Gasteiger charge is -2.04. The Kier molecular flexibility index (Phi) is 3.84. The molecule has 2 N–H and O–H groups in total. The van der Waals surface area contributed by atoms with E-state index in [1.54, 1.807) is 0 Å². The maximum Gasteiger partial charge on any atom is 0.271 e. The molecule has 0 fully saturated rings. The van der Waals surface area contributed by atoms with E-state index in [0.717, 1.165) is 0 Å². The first-order chi connectivity index (χ1) is 9.86. The maximum atomic E-state index is 10.8. The Bertz CT molecular complexity index is 773. The number of hydrogen-bond acceptors (Lipinski definition) is 6. The number of rotatable bonds is 3. The number of aromatic nitrogens is 2. The molecule has 2 aromatic rings. The van der Waals surface area contributed by atoms with Crippen LogP contribution in [0.1, 0.15) is 25.2 Å². The zero-order valence-corrected chi connectivity index (χ0v) is 11.4. The minimum atomic E-state index is -0.514. The van der Waals surface area contributed by atoms with Crippen LogP contribution in [0, 0.1) is 10.1 Å². The summed E-state index contributed by atoms with van der Waals surface area (Å²) in [4.78, 5) is 18.8. The highest BCUT2D eigenvalue weighted by Crippen LogP contribution is 2.21. The molecule has 21 heavy (non-hydrogen) atoms. The fourth-order valence-corrected chi connectivity index (χ4v) is 1.79. The number of nitro benzene ring substituents is 1. The Morgan fingerprint density at radius 2 is 1.62 bits per heavy atom. The van der Waals surface area contributed by atoms with Gasteiger partial charge in [-0.3, -0.25) is 10.1 Å². The predicted molar refractivity (Wildman–Crippen MR) is 78.8 cm³/mol. The average molecular weight is 287 g/mol. The summed E-state index contributed by atoms with van der Waals surface area (Å²) in [5, 5.41) is 29.5. The monoisotopic (exact) mass is 287 g/mol. The molecule has 1 heterocycles. The van der Waals surface area contributed by atoms with Gasteiger partial charge >= 0.3 is 0 Å². The van der Waals surface area contributed by atoms with Crippen LogP contribution < -0.4 is 0 Å². The quantitative estimate of drug-likeness (QED) is 0.508. The predicted octanol–water partition coefficient (Wildman–Crippen LogP) is 3.38.